The number of ether oxygens (including phenoxy) is 1. The van der Waals surface area contributed by atoms with Gasteiger partial charge in [0.25, 0.3) is 0 Å². The first-order valence-electron chi connectivity index (χ1n) is 10.8. The zero-order chi connectivity index (χ0) is 23.3. The lowest BCUT2D eigenvalue weighted by molar-refractivity contribution is 0.182. The molecule has 1 saturated heterocycles. The van der Waals surface area contributed by atoms with Crippen LogP contribution in [-0.2, 0) is 16.4 Å². The predicted molar refractivity (Wildman–Crippen MR) is 126 cm³/mol. The number of sulfonamides is 1. The van der Waals surface area contributed by atoms with Crippen molar-refractivity contribution in [3.05, 3.63) is 59.7 Å². The summed E-state index contributed by atoms with van der Waals surface area (Å²) < 4.78 is 28.9. The zero-order valence-corrected chi connectivity index (χ0v) is 19.9. The molecule has 1 N–H and O–H groups in total. The molecular weight excluding hydrogens is 428 g/mol. The van der Waals surface area contributed by atoms with Gasteiger partial charge in [-0.05, 0) is 49.6 Å². The molecule has 2 aromatic rings. The van der Waals surface area contributed by atoms with E-state index >= 15 is 0 Å². The van der Waals surface area contributed by atoms with E-state index < -0.39 is 10.0 Å². The van der Waals surface area contributed by atoms with Crippen LogP contribution in [0.5, 0.6) is 5.75 Å². The first-order valence-corrected chi connectivity index (χ1v) is 12.7. The second kappa shape index (κ2) is 10.2. The van der Waals surface area contributed by atoms with Crippen LogP contribution in [0, 0.1) is 0 Å². The summed E-state index contributed by atoms with van der Waals surface area (Å²) in [5.41, 5.74) is 3.15. The molecule has 0 bridgehead atoms. The Balaban J connectivity index is 1.91. The van der Waals surface area contributed by atoms with E-state index in [2.05, 4.69) is 29.6 Å². The fraction of sp³-hybridized carbons (Fsp3) is 0.435. The van der Waals surface area contributed by atoms with Crippen molar-refractivity contribution in [3.8, 4) is 5.75 Å². The van der Waals surface area contributed by atoms with Crippen LogP contribution in [0.1, 0.15) is 31.0 Å². The maximum atomic E-state index is 13.2. The van der Waals surface area contributed by atoms with Crippen molar-refractivity contribution in [2.45, 2.75) is 26.3 Å². The van der Waals surface area contributed by atoms with Gasteiger partial charge in [0, 0.05) is 25.3 Å². The highest BCUT2D eigenvalue weighted by Gasteiger charge is 2.40. The second-order valence-corrected chi connectivity index (χ2v) is 9.52. The molecule has 0 aromatic heterocycles. The largest absolute Gasteiger partial charge is 0.497 e. The molecule has 0 radical (unpaired) electrons. The number of anilines is 1. The average Bonchev–Trinajstić information content (AvgIpc) is 3.07. The number of urea groups is 1. The lowest BCUT2D eigenvalue weighted by Crippen LogP contribution is -2.44. The van der Waals surface area contributed by atoms with Crippen molar-refractivity contribution in [3.63, 3.8) is 0 Å². The van der Waals surface area contributed by atoms with Crippen molar-refractivity contribution in [1.29, 1.82) is 0 Å². The summed E-state index contributed by atoms with van der Waals surface area (Å²) in [6.45, 7) is 6.58. The number of para-hydroxylation sites is 1. The summed E-state index contributed by atoms with van der Waals surface area (Å²) in [5.74, 6) is 0.778. The summed E-state index contributed by atoms with van der Waals surface area (Å²) in [6, 6.07) is 15.2. The van der Waals surface area contributed by atoms with Crippen LogP contribution in [0.15, 0.2) is 48.5 Å². The fourth-order valence-electron chi connectivity index (χ4n) is 4.10. The molecule has 0 spiro atoms. The van der Waals surface area contributed by atoms with Crippen molar-refractivity contribution >= 4 is 21.7 Å². The van der Waals surface area contributed by atoms with Crippen molar-refractivity contribution in [2.24, 2.45) is 0 Å². The minimum Gasteiger partial charge on any atom is -0.497 e. The standard InChI is InChI=1S/C23H32N4O4S/c1-5-25(6-2)21-10-8-7-9-20(21)22-17-27(24-32(4,29)30)23(28)26(22)16-15-18-11-13-19(31-3)14-12-18/h7-14,22,24H,5-6,15-17H2,1-4H3. The molecule has 8 nitrogen and oxygen atoms in total. The molecule has 0 saturated carbocycles. The number of hydrogen-bond donors (Lipinski definition) is 1. The number of hydrazine groups is 1. The number of amides is 2. The number of benzene rings is 2. The van der Waals surface area contributed by atoms with Crippen LogP contribution in [0.4, 0.5) is 10.5 Å². The maximum absolute atomic E-state index is 13.2. The van der Waals surface area contributed by atoms with E-state index in [4.69, 9.17) is 4.74 Å². The summed E-state index contributed by atoms with van der Waals surface area (Å²) in [5, 5.41) is 1.20. The third kappa shape index (κ3) is 5.52. The molecular formula is C23H32N4O4S. The Hall–Kier alpha value is -2.78. The van der Waals surface area contributed by atoms with E-state index in [1.165, 1.54) is 5.01 Å². The molecule has 1 atom stereocenters. The number of hydrogen-bond acceptors (Lipinski definition) is 5. The third-order valence-corrected chi connectivity index (χ3v) is 6.24. The van der Waals surface area contributed by atoms with E-state index in [0.29, 0.717) is 13.0 Å². The monoisotopic (exact) mass is 460 g/mol. The quantitative estimate of drug-likeness (QED) is 0.589. The number of carbonyl (C=O) groups excluding carboxylic acids is 1. The number of nitrogens with zero attached hydrogens (tertiary/aromatic N) is 3. The number of rotatable bonds is 10. The van der Waals surface area contributed by atoms with Crippen molar-refractivity contribution in [1.82, 2.24) is 14.7 Å². The van der Waals surface area contributed by atoms with Crippen LogP contribution in [0.25, 0.3) is 0 Å². The lowest BCUT2D eigenvalue weighted by atomic mass is 10.0. The minimum atomic E-state index is -3.58. The van der Waals surface area contributed by atoms with Crippen LogP contribution < -0.4 is 14.5 Å². The second-order valence-electron chi connectivity index (χ2n) is 7.80. The first kappa shape index (κ1) is 23.9. The van der Waals surface area contributed by atoms with Gasteiger partial charge in [-0.25, -0.2) is 18.2 Å². The van der Waals surface area contributed by atoms with Crippen molar-refractivity contribution in [2.75, 3.05) is 44.4 Å². The van der Waals surface area contributed by atoms with Gasteiger partial charge in [-0.3, -0.25) is 0 Å². The van der Waals surface area contributed by atoms with Crippen LogP contribution in [0.2, 0.25) is 0 Å². The van der Waals surface area contributed by atoms with E-state index in [9.17, 15) is 13.2 Å². The highest BCUT2D eigenvalue weighted by molar-refractivity contribution is 7.88. The van der Waals surface area contributed by atoms with E-state index in [0.717, 1.165) is 41.9 Å². The van der Waals surface area contributed by atoms with Crippen LogP contribution >= 0.6 is 0 Å². The minimum absolute atomic E-state index is 0.243. The van der Waals surface area contributed by atoms with Gasteiger partial charge >= 0.3 is 6.03 Å². The van der Waals surface area contributed by atoms with Gasteiger partial charge in [0.05, 0.1) is 26.0 Å². The molecule has 1 aliphatic heterocycles. The van der Waals surface area contributed by atoms with Gasteiger partial charge in [0.2, 0.25) is 10.0 Å². The zero-order valence-electron chi connectivity index (χ0n) is 19.1. The Labute approximate surface area is 190 Å². The Kier molecular flexibility index (Phi) is 7.63. The first-order chi connectivity index (χ1) is 15.3. The fourth-order valence-corrected chi connectivity index (χ4v) is 4.65. The van der Waals surface area contributed by atoms with Gasteiger partial charge < -0.3 is 14.5 Å². The Bertz CT molecular complexity index is 1020. The van der Waals surface area contributed by atoms with Gasteiger partial charge in [0.1, 0.15) is 5.75 Å². The normalized spacial score (nSPS) is 16.5. The molecule has 174 valence electrons. The van der Waals surface area contributed by atoms with Crippen molar-refractivity contribution < 1.29 is 17.9 Å². The summed E-state index contributed by atoms with van der Waals surface area (Å²) in [4.78, 5) is 19.6. The topological polar surface area (TPSA) is 82.2 Å². The highest BCUT2D eigenvalue weighted by Crippen LogP contribution is 2.35. The molecule has 3 rings (SSSR count). The maximum Gasteiger partial charge on any atom is 0.335 e. The van der Waals surface area contributed by atoms with E-state index in [-0.39, 0.29) is 18.6 Å². The van der Waals surface area contributed by atoms with Crippen LogP contribution in [-0.4, -0.2) is 63.9 Å². The summed E-state index contributed by atoms with van der Waals surface area (Å²) in [6.07, 6.45) is 1.70. The number of nitrogens with one attached hydrogen (secondary N) is 1. The SMILES string of the molecule is CCN(CC)c1ccccc1C1CN(NS(C)(=O)=O)C(=O)N1CCc1ccc(OC)cc1. The molecule has 2 amide bonds. The molecule has 1 unspecified atom stereocenters. The van der Waals surface area contributed by atoms with E-state index in [1.807, 2.05) is 42.5 Å². The average molecular weight is 461 g/mol. The smallest absolute Gasteiger partial charge is 0.335 e. The Morgan fingerprint density at radius 2 is 1.75 bits per heavy atom. The summed E-state index contributed by atoms with van der Waals surface area (Å²) >= 11 is 0. The lowest BCUT2D eigenvalue weighted by Gasteiger charge is -2.29. The Morgan fingerprint density at radius 1 is 1.09 bits per heavy atom. The number of carbonyl (C=O) groups is 1. The van der Waals surface area contributed by atoms with Gasteiger partial charge in [0.15, 0.2) is 0 Å². The highest BCUT2D eigenvalue weighted by atomic mass is 32.2. The molecule has 1 aliphatic rings. The molecule has 0 aliphatic carbocycles. The summed E-state index contributed by atoms with van der Waals surface area (Å²) in [7, 11) is -1.95. The number of methoxy groups -OCH3 is 1. The molecule has 32 heavy (non-hydrogen) atoms. The molecule has 1 heterocycles. The Morgan fingerprint density at radius 3 is 2.34 bits per heavy atom. The van der Waals surface area contributed by atoms with Gasteiger partial charge in [-0.1, -0.05) is 30.3 Å². The molecule has 9 heteroatoms. The van der Waals surface area contributed by atoms with Gasteiger partial charge in [-0.15, -0.1) is 4.83 Å². The van der Waals surface area contributed by atoms with Gasteiger partial charge in [-0.2, -0.15) is 0 Å². The molecule has 2 aromatic carbocycles. The predicted octanol–water partition coefficient (Wildman–Crippen LogP) is 3.03. The van der Waals surface area contributed by atoms with Crippen LogP contribution in [0.3, 0.4) is 0 Å². The van der Waals surface area contributed by atoms with E-state index in [1.54, 1.807) is 12.0 Å². The molecule has 1 fully saturated rings. The third-order valence-electron chi connectivity index (χ3n) is 5.68.